The number of nitriles is 1. The molecule has 1 aromatic carbocycles. The van der Waals surface area contributed by atoms with Crippen LogP contribution in [0, 0.1) is 17.2 Å². The van der Waals surface area contributed by atoms with Gasteiger partial charge in [-0.3, -0.25) is 4.79 Å². The van der Waals surface area contributed by atoms with Crippen molar-refractivity contribution in [1.82, 2.24) is 0 Å². The van der Waals surface area contributed by atoms with E-state index in [4.69, 9.17) is 9.15 Å². The predicted octanol–water partition coefficient (Wildman–Crippen LogP) is 4.98. The number of para-hydroxylation sites is 2. The van der Waals surface area contributed by atoms with Crippen LogP contribution in [0.1, 0.15) is 31.9 Å². The van der Waals surface area contributed by atoms with Crippen molar-refractivity contribution >= 4 is 28.4 Å². The first-order chi connectivity index (χ1) is 14.1. The number of hydrogen-bond acceptors (Lipinski definition) is 6. The van der Waals surface area contributed by atoms with E-state index in [9.17, 15) is 10.1 Å². The highest BCUT2D eigenvalue weighted by molar-refractivity contribution is 8.14. The Balaban J connectivity index is 2.03. The number of anilines is 1. The molecule has 1 aliphatic rings. The highest BCUT2D eigenvalue weighted by Gasteiger charge is 2.40. The molecule has 1 unspecified atom stereocenters. The summed E-state index contributed by atoms with van der Waals surface area (Å²) in [5.74, 6) is 0.561. The van der Waals surface area contributed by atoms with Gasteiger partial charge in [0, 0.05) is 5.70 Å². The van der Waals surface area contributed by atoms with Crippen molar-refractivity contribution in [3.05, 3.63) is 59.7 Å². The molecule has 0 spiro atoms. The molecule has 0 aliphatic carbocycles. The Morgan fingerprint density at radius 2 is 2.14 bits per heavy atom. The third kappa shape index (κ3) is 4.38. The predicted molar refractivity (Wildman–Crippen MR) is 115 cm³/mol. The summed E-state index contributed by atoms with van der Waals surface area (Å²) < 4.78 is 11.0. The SMILES string of the molecule is CCCSC1=NC(C)=C(C(=O)Nc2ccccc2OC)[C@H](c2ccco2)C1C#N. The van der Waals surface area contributed by atoms with Crippen LogP contribution in [0.15, 0.2) is 63.3 Å². The van der Waals surface area contributed by atoms with Crippen molar-refractivity contribution in [3.8, 4) is 11.8 Å². The van der Waals surface area contributed by atoms with Crippen molar-refractivity contribution in [2.24, 2.45) is 10.9 Å². The van der Waals surface area contributed by atoms with Crippen LogP contribution >= 0.6 is 11.8 Å². The Hall–Kier alpha value is -2.98. The smallest absolute Gasteiger partial charge is 0.254 e. The fraction of sp³-hybridized carbons (Fsp3) is 0.318. The van der Waals surface area contributed by atoms with E-state index in [1.807, 2.05) is 12.1 Å². The normalized spacial score (nSPS) is 18.8. The number of carbonyl (C=O) groups is 1. The van der Waals surface area contributed by atoms with Gasteiger partial charge in [0.05, 0.1) is 41.7 Å². The lowest BCUT2D eigenvalue weighted by molar-refractivity contribution is -0.113. The first kappa shape index (κ1) is 20.7. The summed E-state index contributed by atoms with van der Waals surface area (Å²) in [6, 6.07) is 13.1. The van der Waals surface area contributed by atoms with Gasteiger partial charge >= 0.3 is 0 Å². The van der Waals surface area contributed by atoms with Crippen LogP contribution in [0.3, 0.4) is 0 Å². The number of ether oxygens (including phenoxy) is 1. The van der Waals surface area contributed by atoms with Gasteiger partial charge in [0.1, 0.15) is 17.4 Å². The van der Waals surface area contributed by atoms with E-state index >= 15 is 0 Å². The number of allylic oxidation sites excluding steroid dienone is 1. The van der Waals surface area contributed by atoms with Crippen LogP contribution in [0.25, 0.3) is 0 Å². The van der Waals surface area contributed by atoms with Crippen molar-refractivity contribution in [2.75, 3.05) is 18.2 Å². The van der Waals surface area contributed by atoms with Crippen molar-refractivity contribution in [1.29, 1.82) is 5.26 Å². The van der Waals surface area contributed by atoms with Crippen LogP contribution in [0.5, 0.6) is 5.75 Å². The number of carbonyl (C=O) groups excluding carboxylic acids is 1. The Labute approximate surface area is 174 Å². The quantitative estimate of drug-likeness (QED) is 0.727. The second-order valence-corrected chi connectivity index (χ2v) is 7.67. The van der Waals surface area contributed by atoms with Crippen LogP contribution in [0.4, 0.5) is 5.69 Å². The zero-order valence-corrected chi connectivity index (χ0v) is 17.5. The number of hydrogen-bond donors (Lipinski definition) is 1. The zero-order valence-electron chi connectivity index (χ0n) is 16.6. The third-order valence-corrected chi connectivity index (χ3v) is 5.87. The Morgan fingerprint density at radius 3 is 2.79 bits per heavy atom. The highest BCUT2D eigenvalue weighted by atomic mass is 32.2. The maximum Gasteiger partial charge on any atom is 0.254 e. The Morgan fingerprint density at radius 1 is 1.34 bits per heavy atom. The van der Waals surface area contributed by atoms with E-state index in [0.29, 0.717) is 28.5 Å². The summed E-state index contributed by atoms with van der Waals surface area (Å²) in [5, 5.41) is 13.6. The van der Waals surface area contributed by atoms with E-state index in [1.165, 1.54) is 0 Å². The number of amides is 1. The van der Waals surface area contributed by atoms with E-state index in [1.54, 1.807) is 56.3 Å². The van der Waals surface area contributed by atoms with Gasteiger partial charge in [0.15, 0.2) is 0 Å². The molecule has 150 valence electrons. The Kier molecular flexibility index (Phi) is 6.78. The van der Waals surface area contributed by atoms with Gasteiger partial charge in [-0.25, -0.2) is 4.99 Å². The maximum atomic E-state index is 13.3. The summed E-state index contributed by atoms with van der Waals surface area (Å²) >= 11 is 1.56. The number of nitrogens with zero attached hydrogens (tertiary/aromatic N) is 2. The van der Waals surface area contributed by atoms with Crippen molar-refractivity contribution in [2.45, 2.75) is 26.2 Å². The van der Waals surface area contributed by atoms with Gasteiger partial charge in [0.25, 0.3) is 5.91 Å². The molecule has 1 aromatic heterocycles. The average molecular weight is 410 g/mol. The summed E-state index contributed by atoms with van der Waals surface area (Å²) in [7, 11) is 1.55. The van der Waals surface area contributed by atoms with Gasteiger partial charge in [-0.15, -0.1) is 11.8 Å². The number of rotatable bonds is 6. The molecule has 6 nitrogen and oxygen atoms in total. The molecule has 0 saturated heterocycles. The lowest BCUT2D eigenvalue weighted by Gasteiger charge is -2.28. The molecule has 0 fully saturated rings. The molecule has 7 heteroatoms. The number of nitrogens with one attached hydrogen (secondary N) is 1. The molecule has 0 bridgehead atoms. The minimum atomic E-state index is -0.584. The van der Waals surface area contributed by atoms with Gasteiger partial charge in [-0.1, -0.05) is 19.1 Å². The zero-order chi connectivity index (χ0) is 20.8. The Bertz CT molecular complexity index is 973. The van der Waals surface area contributed by atoms with Gasteiger partial charge < -0.3 is 14.5 Å². The maximum absolute atomic E-state index is 13.3. The minimum Gasteiger partial charge on any atom is -0.495 e. The first-order valence-corrected chi connectivity index (χ1v) is 10.4. The van der Waals surface area contributed by atoms with Crippen LogP contribution in [-0.4, -0.2) is 23.8 Å². The van der Waals surface area contributed by atoms with Crippen LogP contribution < -0.4 is 10.1 Å². The fourth-order valence-corrected chi connectivity index (χ4v) is 4.29. The lowest BCUT2D eigenvalue weighted by Crippen LogP contribution is -2.31. The number of aliphatic imine (C=N–C) groups is 1. The number of thioether (sulfide) groups is 1. The molecule has 29 heavy (non-hydrogen) atoms. The van der Waals surface area contributed by atoms with Crippen LogP contribution in [0.2, 0.25) is 0 Å². The number of methoxy groups -OCH3 is 1. The van der Waals surface area contributed by atoms with E-state index < -0.39 is 11.8 Å². The summed E-state index contributed by atoms with van der Waals surface area (Å²) in [6.07, 6.45) is 2.52. The average Bonchev–Trinajstić information content (AvgIpc) is 3.26. The molecule has 0 radical (unpaired) electrons. The largest absolute Gasteiger partial charge is 0.495 e. The number of benzene rings is 1. The molecule has 0 saturated carbocycles. The second-order valence-electron chi connectivity index (χ2n) is 6.55. The summed E-state index contributed by atoms with van der Waals surface area (Å²) in [4.78, 5) is 17.9. The summed E-state index contributed by atoms with van der Waals surface area (Å²) in [5.41, 5.74) is 1.57. The molecule has 3 rings (SSSR count). The molecule has 2 heterocycles. The topological polar surface area (TPSA) is 87.6 Å². The van der Waals surface area contributed by atoms with Crippen molar-refractivity contribution < 1.29 is 13.9 Å². The number of furan rings is 1. The standard InChI is InChI=1S/C22H23N3O3S/c1-4-12-29-22-15(13-23)20(18-10-7-11-28-18)19(14(2)24-22)21(26)25-16-8-5-6-9-17(16)27-3/h5-11,15,20H,4,12H2,1-3H3,(H,25,26)/t15?,20-/m0/s1. The highest BCUT2D eigenvalue weighted by Crippen LogP contribution is 2.42. The summed E-state index contributed by atoms with van der Waals surface area (Å²) in [6.45, 7) is 3.88. The molecular weight excluding hydrogens is 386 g/mol. The minimum absolute atomic E-state index is 0.322. The molecule has 1 N–H and O–H groups in total. The van der Waals surface area contributed by atoms with Gasteiger partial charge in [-0.2, -0.15) is 5.26 Å². The van der Waals surface area contributed by atoms with E-state index in [-0.39, 0.29) is 5.91 Å². The van der Waals surface area contributed by atoms with Gasteiger partial charge in [-0.05, 0) is 43.4 Å². The fourth-order valence-electron chi connectivity index (χ4n) is 3.31. The van der Waals surface area contributed by atoms with Crippen LogP contribution in [-0.2, 0) is 4.79 Å². The van der Waals surface area contributed by atoms with Gasteiger partial charge in [0.2, 0.25) is 0 Å². The molecule has 1 aliphatic heterocycles. The molecule has 2 aromatic rings. The molecular formula is C22H23N3O3S. The first-order valence-electron chi connectivity index (χ1n) is 9.40. The monoisotopic (exact) mass is 409 g/mol. The van der Waals surface area contributed by atoms with E-state index in [0.717, 1.165) is 17.2 Å². The second kappa shape index (κ2) is 9.48. The molecule has 2 atom stereocenters. The van der Waals surface area contributed by atoms with E-state index in [2.05, 4.69) is 23.3 Å². The van der Waals surface area contributed by atoms with Crippen molar-refractivity contribution in [3.63, 3.8) is 0 Å². The lowest BCUT2D eigenvalue weighted by atomic mass is 9.81. The third-order valence-electron chi connectivity index (χ3n) is 4.62. The molecule has 1 amide bonds.